The highest BCUT2D eigenvalue weighted by Crippen LogP contribution is 2.20. The molecule has 0 saturated carbocycles. The van der Waals surface area contributed by atoms with Gasteiger partial charge < -0.3 is 4.23 Å². The molecule has 2 nitrogen and oxygen atoms in total. The smallest absolute Gasteiger partial charge is 0.389 e. The highest BCUT2D eigenvalue weighted by Gasteiger charge is 2.44. The Hall–Kier alpha value is -0.306. The average molecular weight is 227 g/mol. The minimum absolute atomic E-state index is 1.02. The quantitative estimate of drug-likeness (QED) is 0.660. The number of halogens is 3. The SMILES string of the molecule is C[Si](C)N(C(=O)C(F)(F)F)[Si](C)C. The van der Waals surface area contributed by atoms with Crippen molar-refractivity contribution in [3.63, 3.8) is 0 Å². The summed E-state index contributed by atoms with van der Waals surface area (Å²) in [5.41, 5.74) is 0. The van der Waals surface area contributed by atoms with E-state index in [2.05, 4.69) is 0 Å². The third-order valence-electron chi connectivity index (χ3n) is 1.34. The van der Waals surface area contributed by atoms with Crippen LogP contribution in [0.1, 0.15) is 0 Å². The van der Waals surface area contributed by atoms with Gasteiger partial charge in [0.25, 0.3) is 0 Å². The summed E-state index contributed by atoms with van der Waals surface area (Å²) in [5, 5.41) is 0. The lowest BCUT2D eigenvalue weighted by molar-refractivity contribution is -0.177. The minimum Gasteiger partial charge on any atom is -0.389 e. The van der Waals surface area contributed by atoms with Gasteiger partial charge >= 0.3 is 12.1 Å². The topological polar surface area (TPSA) is 20.3 Å². The molecule has 0 aliphatic heterocycles. The molecule has 0 spiro atoms. The van der Waals surface area contributed by atoms with Crippen LogP contribution in [0.5, 0.6) is 0 Å². The molecule has 0 aliphatic carbocycles. The van der Waals surface area contributed by atoms with Gasteiger partial charge in [-0.15, -0.1) is 0 Å². The van der Waals surface area contributed by atoms with Crippen LogP contribution in [0.4, 0.5) is 13.2 Å². The summed E-state index contributed by atoms with van der Waals surface area (Å²) in [6, 6.07) is 0. The van der Waals surface area contributed by atoms with Crippen LogP contribution in [0.25, 0.3) is 0 Å². The number of nitrogens with zero attached hydrogens (tertiary/aromatic N) is 1. The second-order valence-corrected chi connectivity index (χ2v) is 8.16. The number of carbonyl (C=O) groups excluding carboxylic acids is 1. The lowest BCUT2D eigenvalue weighted by Crippen LogP contribution is -2.52. The number of hydrogen-bond acceptors (Lipinski definition) is 1. The maximum absolute atomic E-state index is 12.1. The summed E-state index contributed by atoms with van der Waals surface area (Å²) in [6.07, 6.45) is -4.72. The van der Waals surface area contributed by atoms with Crippen molar-refractivity contribution in [2.24, 2.45) is 0 Å². The third kappa shape index (κ3) is 3.51. The first-order chi connectivity index (χ1) is 5.68. The lowest BCUT2D eigenvalue weighted by atomic mass is 10.6. The predicted octanol–water partition coefficient (Wildman–Crippen LogP) is 1.88. The molecule has 1 amide bonds. The zero-order chi connectivity index (χ0) is 10.8. The van der Waals surface area contributed by atoms with Gasteiger partial charge in [0.15, 0.2) is 17.9 Å². The van der Waals surface area contributed by atoms with Crippen LogP contribution in [0, 0.1) is 0 Å². The third-order valence-corrected chi connectivity index (χ3v) is 6.22. The van der Waals surface area contributed by atoms with Crippen LogP contribution in [-0.4, -0.2) is 34.2 Å². The Morgan fingerprint density at radius 3 is 1.46 bits per heavy atom. The first kappa shape index (κ1) is 12.7. The van der Waals surface area contributed by atoms with Gasteiger partial charge in [-0.2, -0.15) is 13.2 Å². The average Bonchev–Trinajstić information content (AvgIpc) is 1.82. The Kier molecular flexibility index (Phi) is 4.17. The maximum atomic E-state index is 12.1. The zero-order valence-corrected chi connectivity index (χ0v) is 9.99. The molecule has 0 saturated heterocycles. The summed E-state index contributed by atoms with van der Waals surface area (Å²) in [7, 11) is -2.69. The van der Waals surface area contributed by atoms with Crippen molar-refractivity contribution >= 4 is 23.8 Å². The standard InChI is InChI=1S/C6H12F3NOSi2/c1-12(2)10(13(3)4)5(11)6(7,8)9/h1-4H3. The Balaban J connectivity index is 4.68. The van der Waals surface area contributed by atoms with E-state index in [1.807, 2.05) is 0 Å². The summed E-state index contributed by atoms with van der Waals surface area (Å²) in [6.45, 7) is 6.75. The molecular formula is C6H12F3NOSi2. The molecule has 0 fully saturated rings. The molecule has 76 valence electrons. The molecular weight excluding hydrogens is 215 g/mol. The molecule has 0 bridgehead atoms. The second kappa shape index (κ2) is 4.27. The van der Waals surface area contributed by atoms with E-state index < -0.39 is 30.0 Å². The van der Waals surface area contributed by atoms with E-state index >= 15 is 0 Å². The highest BCUT2D eigenvalue weighted by atomic mass is 28.3. The van der Waals surface area contributed by atoms with E-state index in [0.717, 1.165) is 4.23 Å². The summed E-state index contributed by atoms with van der Waals surface area (Å²) >= 11 is 0. The van der Waals surface area contributed by atoms with E-state index in [4.69, 9.17) is 0 Å². The first-order valence-corrected chi connectivity index (χ1v) is 8.59. The molecule has 0 atom stereocenters. The number of amides is 1. The van der Waals surface area contributed by atoms with Crippen molar-refractivity contribution in [2.75, 3.05) is 0 Å². The Labute approximate surface area is 79.1 Å². The second-order valence-electron chi connectivity index (χ2n) is 3.03. The molecule has 0 aromatic rings. The van der Waals surface area contributed by atoms with Gasteiger partial charge in [0.05, 0.1) is 0 Å². The fourth-order valence-electron chi connectivity index (χ4n) is 0.980. The van der Waals surface area contributed by atoms with Crippen molar-refractivity contribution in [1.82, 2.24) is 4.23 Å². The predicted molar refractivity (Wildman–Crippen MR) is 47.9 cm³/mol. The van der Waals surface area contributed by atoms with Crippen molar-refractivity contribution < 1.29 is 18.0 Å². The monoisotopic (exact) mass is 227 g/mol. The molecule has 0 aromatic heterocycles. The highest BCUT2D eigenvalue weighted by molar-refractivity contribution is 6.73. The molecule has 2 radical (unpaired) electrons. The molecule has 0 N–H and O–H groups in total. The van der Waals surface area contributed by atoms with Gasteiger partial charge in [0, 0.05) is 0 Å². The Morgan fingerprint density at radius 2 is 1.38 bits per heavy atom. The molecule has 7 heteroatoms. The van der Waals surface area contributed by atoms with Crippen LogP contribution >= 0.6 is 0 Å². The number of rotatable bonds is 2. The summed E-state index contributed by atoms with van der Waals surface area (Å²) in [5.74, 6) is -1.68. The molecule has 0 rings (SSSR count). The number of hydrogen-bond donors (Lipinski definition) is 0. The molecule has 13 heavy (non-hydrogen) atoms. The van der Waals surface area contributed by atoms with Gasteiger partial charge in [0.2, 0.25) is 0 Å². The summed E-state index contributed by atoms with van der Waals surface area (Å²) < 4.78 is 37.2. The fourth-order valence-corrected chi connectivity index (χ4v) is 5.62. The van der Waals surface area contributed by atoms with E-state index in [9.17, 15) is 18.0 Å². The molecule has 0 aliphatic rings. The largest absolute Gasteiger partial charge is 0.469 e. The van der Waals surface area contributed by atoms with Crippen LogP contribution in [-0.2, 0) is 4.79 Å². The van der Waals surface area contributed by atoms with Gasteiger partial charge in [0.1, 0.15) is 0 Å². The van der Waals surface area contributed by atoms with Gasteiger partial charge in [-0.1, -0.05) is 26.2 Å². The lowest BCUT2D eigenvalue weighted by Gasteiger charge is -2.29. The van der Waals surface area contributed by atoms with Crippen LogP contribution in [0.15, 0.2) is 0 Å². The van der Waals surface area contributed by atoms with E-state index in [1.165, 1.54) is 0 Å². The fraction of sp³-hybridized carbons (Fsp3) is 0.833. The first-order valence-electron chi connectivity index (χ1n) is 3.69. The van der Waals surface area contributed by atoms with Crippen molar-refractivity contribution in [1.29, 1.82) is 0 Å². The zero-order valence-electron chi connectivity index (χ0n) is 7.99. The van der Waals surface area contributed by atoms with Crippen LogP contribution in [0.3, 0.4) is 0 Å². The van der Waals surface area contributed by atoms with Crippen molar-refractivity contribution in [3.8, 4) is 0 Å². The number of carbonyl (C=O) groups is 1. The van der Waals surface area contributed by atoms with Gasteiger partial charge in [-0.25, -0.2) is 0 Å². The van der Waals surface area contributed by atoms with E-state index in [-0.39, 0.29) is 0 Å². The molecule has 0 unspecified atom stereocenters. The Morgan fingerprint density at radius 1 is 1.08 bits per heavy atom. The van der Waals surface area contributed by atoms with E-state index in [1.54, 1.807) is 26.2 Å². The summed E-state index contributed by atoms with van der Waals surface area (Å²) in [4.78, 5) is 10.9. The molecule has 0 heterocycles. The van der Waals surface area contributed by atoms with Gasteiger partial charge in [-0.3, -0.25) is 4.79 Å². The van der Waals surface area contributed by atoms with Gasteiger partial charge in [-0.05, 0) is 0 Å². The normalized spacial score (nSPS) is 12.4. The van der Waals surface area contributed by atoms with E-state index in [0.29, 0.717) is 0 Å². The van der Waals surface area contributed by atoms with Crippen molar-refractivity contribution in [3.05, 3.63) is 0 Å². The van der Waals surface area contributed by atoms with Crippen molar-refractivity contribution in [2.45, 2.75) is 32.4 Å². The van der Waals surface area contributed by atoms with Crippen LogP contribution < -0.4 is 0 Å². The Bertz CT molecular complexity index is 185. The number of alkyl halides is 3. The minimum atomic E-state index is -4.72. The maximum Gasteiger partial charge on any atom is 0.469 e. The van der Waals surface area contributed by atoms with Crippen LogP contribution in [0.2, 0.25) is 26.2 Å². The molecule has 0 aromatic carbocycles.